The van der Waals surface area contributed by atoms with E-state index in [1.807, 2.05) is 31.2 Å². The summed E-state index contributed by atoms with van der Waals surface area (Å²) >= 11 is 0. The molecule has 0 atom stereocenters. The highest BCUT2D eigenvalue weighted by Crippen LogP contribution is 2.30. The number of rotatable bonds is 3. The van der Waals surface area contributed by atoms with Crippen LogP contribution in [0.2, 0.25) is 0 Å². The SMILES string of the molecule is COC(=O)c1cc(S(N)(=O)=O)c(-c2ccc(C)cc2)cc1C. The standard InChI is InChI=1S/C16H17NO4S/c1-10-4-6-12(7-5-10)14-8-11(2)13(16(18)21-3)9-15(14)22(17,19)20/h4-9H,1-3H3,(H2,17,19,20). The van der Waals surface area contributed by atoms with Crippen molar-refractivity contribution in [2.75, 3.05) is 7.11 Å². The number of hydrogen-bond acceptors (Lipinski definition) is 4. The number of carbonyl (C=O) groups is 1. The summed E-state index contributed by atoms with van der Waals surface area (Å²) in [6.45, 7) is 3.66. The molecule has 0 aliphatic carbocycles. The van der Waals surface area contributed by atoms with E-state index in [1.165, 1.54) is 13.2 Å². The molecule has 6 heteroatoms. The van der Waals surface area contributed by atoms with E-state index in [1.54, 1.807) is 13.0 Å². The van der Waals surface area contributed by atoms with Crippen LogP contribution in [0.15, 0.2) is 41.3 Å². The van der Waals surface area contributed by atoms with E-state index in [-0.39, 0.29) is 10.5 Å². The van der Waals surface area contributed by atoms with Crippen LogP contribution in [0.3, 0.4) is 0 Å². The Morgan fingerprint density at radius 2 is 1.68 bits per heavy atom. The summed E-state index contributed by atoms with van der Waals surface area (Å²) in [6.07, 6.45) is 0. The average molecular weight is 319 g/mol. The summed E-state index contributed by atoms with van der Waals surface area (Å²) in [5, 5.41) is 5.31. The first kappa shape index (κ1) is 16.2. The van der Waals surface area contributed by atoms with E-state index in [4.69, 9.17) is 5.14 Å². The molecule has 0 unspecified atom stereocenters. The maximum atomic E-state index is 11.9. The fourth-order valence-electron chi connectivity index (χ4n) is 2.21. The van der Waals surface area contributed by atoms with Crippen molar-refractivity contribution in [3.05, 3.63) is 53.1 Å². The van der Waals surface area contributed by atoms with E-state index in [0.717, 1.165) is 5.56 Å². The summed E-state index contributed by atoms with van der Waals surface area (Å²) in [6, 6.07) is 10.3. The number of hydrogen-bond donors (Lipinski definition) is 1. The monoisotopic (exact) mass is 319 g/mol. The van der Waals surface area contributed by atoms with Gasteiger partial charge in [-0.25, -0.2) is 18.4 Å². The molecule has 5 nitrogen and oxygen atoms in total. The lowest BCUT2D eigenvalue weighted by Crippen LogP contribution is -2.15. The number of nitrogens with two attached hydrogens (primary N) is 1. The fraction of sp³-hybridized carbons (Fsp3) is 0.188. The van der Waals surface area contributed by atoms with Gasteiger partial charge in [0.2, 0.25) is 10.0 Å². The zero-order valence-electron chi connectivity index (χ0n) is 12.6. The predicted octanol–water partition coefficient (Wildman–Crippen LogP) is 2.40. The minimum absolute atomic E-state index is 0.0950. The zero-order valence-corrected chi connectivity index (χ0v) is 13.4. The Kier molecular flexibility index (Phi) is 4.35. The van der Waals surface area contributed by atoms with Gasteiger partial charge in [-0.05, 0) is 37.1 Å². The number of sulfonamides is 1. The largest absolute Gasteiger partial charge is 0.465 e. The van der Waals surface area contributed by atoms with Crippen LogP contribution in [0, 0.1) is 13.8 Å². The molecule has 2 N–H and O–H groups in total. The molecule has 0 aromatic heterocycles. The second-order valence-corrected chi connectivity index (χ2v) is 6.60. The number of methoxy groups -OCH3 is 1. The molecule has 2 rings (SSSR count). The molecule has 0 amide bonds. The van der Waals surface area contributed by atoms with E-state index in [9.17, 15) is 13.2 Å². The molecule has 0 saturated heterocycles. The Labute approximate surface area is 129 Å². The Balaban J connectivity index is 2.76. The normalized spacial score (nSPS) is 11.3. The second kappa shape index (κ2) is 5.90. The highest BCUT2D eigenvalue weighted by Gasteiger charge is 2.20. The van der Waals surface area contributed by atoms with Gasteiger partial charge in [0.1, 0.15) is 0 Å². The van der Waals surface area contributed by atoms with Crippen molar-refractivity contribution in [2.24, 2.45) is 5.14 Å². The maximum Gasteiger partial charge on any atom is 0.338 e. The van der Waals surface area contributed by atoms with E-state index >= 15 is 0 Å². The van der Waals surface area contributed by atoms with E-state index in [0.29, 0.717) is 16.7 Å². The molecule has 0 saturated carbocycles. The molecule has 0 bridgehead atoms. The molecule has 0 aliphatic rings. The molecule has 0 radical (unpaired) electrons. The first-order chi connectivity index (χ1) is 10.2. The average Bonchev–Trinajstić information content (AvgIpc) is 2.45. The first-order valence-electron chi connectivity index (χ1n) is 6.57. The van der Waals surface area contributed by atoms with Crippen LogP contribution < -0.4 is 5.14 Å². The lowest BCUT2D eigenvalue weighted by molar-refractivity contribution is 0.0599. The quantitative estimate of drug-likeness (QED) is 0.880. The molecule has 0 aliphatic heterocycles. The van der Waals surface area contributed by atoms with Gasteiger partial charge < -0.3 is 4.74 Å². The van der Waals surface area contributed by atoms with Gasteiger partial charge in [0.05, 0.1) is 17.6 Å². The van der Waals surface area contributed by atoms with Crippen LogP contribution in [-0.4, -0.2) is 21.5 Å². The molecular formula is C16H17NO4S. The summed E-state index contributed by atoms with van der Waals surface area (Å²) in [5.41, 5.74) is 3.04. The molecule has 0 heterocycles. The third-order valence-corrected chi connectivity index (χ3v) is 4.35. The number of benzene rings is 2. The zero-order chi connectivity index (χ0) is 16.5. The van der Waals surface area contributed by atoms with Gasteiger partial charge in [-0.15, -0.1) is 0 Å². The molecule has 2 aromatic carbocycles. The lowest BCUT2D eigenvalue weighted by atomic mass is 9.99. The number of carbonyl (C=O) groups excluding carboxylic acids is 1. The van der Waals surface area contributed by atoms with Crippen LogP contribution in [-0.2, 0) is 14.8 Å². The summed E-state index contributed by atoms with van der Waals surface area (Å²) in [4.78, 5) is 11.7. The van der Waals surface area contributed by atoms with E-state index in [2.05, 4.69) is 4.74 Å². The summed E-state index contributed by atoms with van der Waals surface area (Å²) < 4.78 is 28.5. The first-order valence-corrected chi connectivity index (χ1v) is 8.11. The third kappa shape index (κ3) is 3.18. The molecule has 22 heavy (non-hydrogen) atoms. The number of ether oxygens (including phenoxy) is 1. The number of primary sulfonamides is 1. The van der Waals surface area contributed by atoms with Crippen molar-refractivity contribution < 1.29 is 17.9 Å². The predicted molar refractivity (Wildman–Crippen MR) is 84.1 cm³/mol. The van der Waals surface area contributed by atoms with Crippen LogP contribution in [0.1, 0.15) is 21.5 Å². The van der Waals surface area contributed by atoms with Crippen molar-refractivity contribution >= 4 is 16.0 Å². The van der Waals surface area contributed by atoms with Gasteiger partial charge in [0.15, 0.2) is 0 Å². The molecule has 0 spiro atoms. The second-order valence-electron chi connectivity index (χ2n) is 5.07. The van der Waals surface area contributed by atoms with Crippen LogP contribution >= 0.6 is 0 Å². The van der Waals surface area contributed by atoms with Crippen molar-refractivity contribution in [1.82, 2.24) is 0 Å². The van der Waals surface area contributed by atoms with Gasteiger partial charge in [-0.2, -0.15) is 0 Å². The summed E-state index contributed by atoms with van der Waals surface area (Å²) in [7, 11) is -2.74. The molecular weight excluding hydrogens is 302 g/mol. The highest BCUT2D eigenvalue weighted by atomic mass is 32.2. The fourth-order valence-corrected chi connectivity index (χ4v) is 2.98. The van der Waals surface area contributed by atoms with Gasteiger partial charge in [0, 0.05) is 5.56 Å². The van der Waals surface area contributed by atoms with Crippen LogP contribution in [0.5, 0.6) is 0 Å². The lowest BCUT2D eigenvalue weighted by Gasteiger charge is -2.13. The molecule has 0 fully saturated rings. The minimum atomic E-state index is -3.98. The van der Waals surface area contributed by atoms with E-state index < -0.39 is 16.0 Å². The topological polar surface area (TPSA) is 86.5 Å². The summed E-state index contributed by atoms with van der Waals surface area (Å²) in [5.74, 6) is -0.599. The Hall–Kier alpha value is -2.18. The van der Waals surface area contributed by atoms with Gasteiger partial charge in [-0.1, -0.05) is 29.8 Å². The third-order valence-electron chi connectivity index (χ3n) is 3.40. The van der Waals surface area contributed by atoms with Crippen LogP contribution in [0.25, 0.3) is 11.1 Å². The van der Waals surface area contributed by atoms with Crippen LogP contribution in [0.4, 0.5) is 0 Å². The smallest absolute Gasteiger partial charge is 0.338 e. The van der Waals surface area contributed by atoms with Gasteiger partial charge in [-0.3, -0.25) is 0 Å². The van der Waals surface area contributed by atoms with Crippen molar-refractivity contribution in [3.8, 4) is 11.1 Å². The Morgan fingerprint density at radius 3 is 2.18 bits per heavy atom. The number of aryl methyl sites for hydroxylation is 2. The van der Waals surface area contributed by atoms with Crippen molar-refractivity contribution in [3.63, 3.8) is 0 Å². The van der Waals surface area contributed by atoms with Crippen molar-refractivity contribution in [1.29, 1.82) is 0 Å². The minimum Gasteiger partial charge on any atom is -0.465 e. The van der Waals surface area contributed by atoms with Crippen molar-refractivity contribution in [2.45, 2.75) is 18.7 Å². The molecule has 2 aromatic rings. The van der Waals surface area contributed by atoms with Gasteiger partial charge in [0.25, 0.3) is 0 Å². The Bertz CT molecular complexity index is 824. The molecule has 116 valence electrons. The number of esters is 1. The highest BCUT2D eigenvalue weighted by molar-refractivity contribution is 7.89. The maximum absolute atomic E-state index is 11.9. The Morgan fingerprint density at radius 1 is 1.09 bits per heavy atom. The van der Waals surface area contributed by atoms with Gasteiger partial charge >= 0.3 is 5.97 Å².